The lowest BCUT2D eigenvalue weighted by atomic mass is 9.93. The number of nitrogens with zero attached hydrogens (tertiary/aromatic N) is 1. The van der Waals surface area contributed by atoms with Crippen LogP contribution in [0.25, 0.3) is 0 Å². The van der Waals surface area contributed by atoms with Gasteiger partial charge >= 0.3 is 0 Å². The highest BCUT2D eigenvalue weighted by Crippen LogP contribution is 2.24. The molecule has 0 unspecified atom stereocenters. The largest absolute Gasteiger partial charge is 0.382 e. The van der Waals surface area contributed by atoms with E-state index in [4.69, 9.17) is 0 Å². The van der Waals surface area contributed by atoms with Gasteiger partial charge in [-0.1, -0.05) is 0 Å². The van der Waals surface area contributed by atoms with E-state index in [1.165, 1.54) is 19.3 Å². The van der Waals surface area contributed by atoms with Crippen molar-refractivity contribution < 1.29 is 4.79 Å². The Bertz CT molecular complexity index is 308. The van der Waals surface area contributed by atoms with E-state index in [0.29, 0.717) is 11.6 Å². The molecule has 1 saturated carbocycles. The third kappa shape index (κ3) is 1.69. The molecule has 0 radical (unpaired) electrons. The molecule has 68 valence electrons. The maximum Gasteiger partial charge on any atom is 0.153 e. The quantitative estimate of drug-likeness (QED) is 0.715. The van der Waals surface area contributed by atoms with Crippen LogP contribution in [0.1, 0.15) is 29.6 Å². The Labute approximate surface area is 77.2 Å². The van der Waals surface area contributed by atoms with Gasteiger partial charge in [-0.3, -0.25) is 9.78 Å². The first-order valence-electron chi connectivity index (χ1n) is 4.56. The number of hydrogen-bond donors (Lipinski definition) is 1. The van der Waals surface area contributed by atoms with E-state index in [1.807, 2.05) is 6.07 Å². The fourth-order valence-electron chi connectivity index (χ4n) is 1.40. The molecule has 1 aliphatic rings. The maximum atomic E-state index is 10.6. The van der Waals surface area contributed by atoms with Crippen LogP contribution < -0.4 is 5.32 Å². The van der Waals surface area contributed by atoms with Crippen molar-refractivity contribution in [2.75, 3.05) is 5.32 Å². The Morgan fingerprint density at radius 2 is 2.38 bits per heavy atom. The van der Waals surface area contributed by atoms with Gasteiger partial charge in [0.25, 0.3) is 0 Å². The highest BCUT2D eigenvalue weighted by molar-refractivity contribution is 5.83. The molecule has 0 aliphatic heterocycles. The summed E-state index contributed by atoms with van der Waals surface area (Å²) in [4.78, 5) is 14.5. The zero-order valence-electron chi connectivity index (χ0n) is 7.36. The first-order valence-corrected chi connectivity index (χ1v) is 4.56. The molecule has 0 bridgehead atoms. The molecule has 2 rings (SSSR count). The van der Waals surface area contributed by atoms with Crippen LogP contribution in [0.2, 0.25) is 0 Å². The van der Waals surface area contributed by atoms with E-state index in [9.17, 15) is 4.79 Å². The Kier molecular flexibility index (Phi) is 2.25. The lowest BCUT2D eigenvalue weighted by Crippen LogP contribution is -2.27. The average molecular weight is 176 g/mol. The Hall–Kier alpha value is -1.38. The molecule has 0 spiro atoms. The second kappa shape index (κ2) is 3.56. The minimum absolute atomic E-state index is 0.557. The van der Waals surface area contributed by atoms with Crippen molar-refractivity contribution in [2.24, 2.45) is 0 Å². The van der Waals surface area contributed by atoms with Crippen molar-refractivity contribution in [1.82, 2.24) is 4.98 Å². The molecule has 0 atom stereocenters. The molecule has 1 aliphatic carbocycles. The number of anilines is 1. The Balaban J connectivity index is 2.12. The molecular weight excluding hydrogens is 164 g/mol. The molecule has 0 aromatic carbocycles. The fraction of sp³-hybridized carbons (Fsp3) is 0.400. The molecule has 0 amide bonds. The Morgan fingerprint density at radius 3 is 3.00 bits per heavy atom. The van der Waals surface area contributed by atoms with Crippen LogP contribution in [0.3, 0.4) is 0 Å². The van der Waals surface area contributed by atoms with E-state index in [-0.39, 0.29) is 0 Å². The summed E-state index contributed by atoms with van der Waals surface area (Å²) >= 11 is 0. The molecule has 1 aromatic rings. The highest BCUT2D eigenvalue weighted by atomic mass is 16.1. The summed E-state index contributed by atoms with van der Waals surface area (Å²) < 4.78 is 0. The molecule has 1 N–H and O–H groups in total. The first kappa shape index (κ1) is 8.23. The minimum atomic E-state index is 0.557. The van der Waals surface area contributed by atoms with Gasteiger partial charge < -0.3 is 5.32 Å². The molecule has 1 aromatic heterocycles. The standard InChI is InChI=1S/C10H12N2O/c13-7-8-6-11-5-4-10(8)12-9-2-1-3-9/h4-7,9H,1-3H2,(H,11,12). The van der Waals surface area contributed by atoms with Crippen LogP contribution >= 0.6 is 0 Å². The second-order valence-corrected chi connectivity index (χ2v) is 3.35. The molecule has 0 saturated heterocycles. The number of nitrogens with one attached hydrogen (secondary N) is 1. The summed E-state index contributed by atoms with van der Waals surface area (Å²) in [5, 5.41) is 3.33. The molecule has 1 fully saturated rings. The molecule has 13 heavy (non-hydrogen) atoms. The van der Waals surface area contributed by atoms with Crippen molar-refractivity contribution in [2.45, 2.75) is 25.3 Å². The number of carbonyl (C=O) groups excluding carboxylic acids is 1. The average Bonchev–Trinajstić information content (AvgIpc) is 2.12. The third-order valence-corrected chi connectivity index (χ3v) is 2.44. The number of rotatable bonds is 3. The SMILES string of the molecule is O=Cc1cnccc1NC1CCC1. The smallest absolute Gasteiger partial charge is 0.153 e. The van der Waals surface area contributed by atoms with Crippen molar-refractivity contribution in [3.8, 4) is 0 Å². The van der Waals surface area contributed by atoms with E-state index in [1.54, 1.807) is 12.4 Å². The van der Waals surface area contributed by atoms with Crippen molar-refractivity contribution >= 4 is 12.0 Å². The van der Waals surface area contributed by atoms with Crippen LogP contribution in [0.5, 0.6) is 0 Å². The van der Waals surface area contributed by atoms with E-state index in [0.717, 1.165) is 12.0 Å². The lowest BCUT2D eigenvalue weighted by molar-refractivity contribution is 0.112. The summed E-state index contributed by atoms with van der Waals surface area (Å²) in [6, 6.07) is 2.41. The molecule has 3 heteroatoms. The van der Waals surface area contributed by atoms with Crippen LogP contribution in [-0.2, 0) is 0 Å². The summed E-state index contributed by atoms with van der Waals surface area (Å²) in [6.07, 6.45) is 7.84. The van der Waals surface area contributed by atoms with E-state index < -0.39 is 0 Å². The van der Waals surface area contributed by atoms with Gasteiger partial charge in [-0.2, -0.15) is 0 Å². The normalized spacial score (nSPS) is 16.3. The van der Waals surface area contributed by atoms with Gasteiger partial charge in [-0.15, -0.1) is 0 Å². The summed E-state index contributed by atoms with van der Waals surface area (Å²) in [5.41, 5.74) is 1.56. The predicted octanol–water partition coefficient (Wildman–Crippen LogP) is 1.86. The van der Waals surface area contributed by atoms with Crippen molar-refractivity contribution in [3.05, 3.63) is 24.0 Å². The number of aldehydes is 1. The zero-order chi connectivity index (χ0) is 9.10. The fourth-order valence-corrected chi connectivity index (χ4v) is 1.40. The zero-order valence-corrected chi connectivity index (χ0v) is 7.36. The van der Waals surface area contributed by atoms with Gasteiger partial charge in [0.2, 0.25) is 0 Å². The number of hydrogen-bond acceptors (Lipinski definition) is 3. The minimum Gasteiger partial charge on any atom is -0.382 e. The lowest BCUT2D eigenvalue weighted by Gasteiger charge is -2.27. The molecular formula is C10H12N2O. The van der Waals surface area contributed by atoms with Gasteiger partial charge in [-0.05, 0) is 25.3 Å². The third-order valence-electron chi connectivity index (χ3n) is 2.44. The van der Waals surface area contributed by atoms with Gasteiger partial charge in [0.05, 0.1) is 5.56 Å². The van der Waals surface area contributed by atoms with Crippen LogP contribution in [0.4, 0.5) is 5.69 Å². The van der Waals surface area contributed by atoms with Crippen molar-refractivity contribution in [1.29, 1.82) is 0 Å². The number of aromatic nitrogens is 1. The van der Waals surface area contributed by atoms with E-state index >= 15 is 0 Å². The van der Waals surface area contributed by atoms with Gasteiger partial charge in [0.1, 0.15) is 0 Å². The topological polar surface area (TPSA) is 42.0 Å². The monoisotopic (exact) mass is 176 g/mol. The maximum absolute atomic E-state index is 10.6. The van der Waals surface area contributed by atoms with Gasteiger partial charge in [-0.25, -0.2) is 0 Å². The second-order valence-electron chi connectivity index (χ2n) is 3.35. The summed E-state index contributed by atoms with van der Waals surface area (Å²) in [6.45, 7) is 0. The van der Waals surface area contributed by atoms with Crippen LogP contribution in [0.15, 0.2) is 18.5 Å². The molecule has 1 heterocycles. The Morgan fingerprint density at radius 1 is 1.54 bits per heavy atom. The summed E-state index contributed by atoms with van der Waals surface area (Å²) in [5.74, 6) is 0. The van der Waals surface area contributed by atoms with Crippen LogP contribution in [-0.4, -0.2) is 17.3 Å². The van der Waals surface area contributed by atoms with Crippen LogP contribution in [0, 0.1) is 0 Å². The van der Waals surface area contributed by atoms with Gasteiger partial charge in [0, 0.05) is 24.1 Å². The molecule has 3 nitrogen and oxygen atoms in total. The van der Waals surface area contributed by atoms with E-state index in [2.05, 4.69) is 10.3 Å². The first-order chi connectivity index (χ1) is 6.40. The number of pyridine rings is 1. The predicted molar refractivity (Wildman–Crippen MR) is 50.9 cm³/mol. The van der Waals surface area contributed by atoms with Gasteiger partial charge in [0.15, 0.2) is 6.29 Å². The number of carbonyl (C=O) groups is 1. The van der Waals surface area contributed by atoms with Crippen molar-refractivity contribution in [3.63, 3.8) is 0 Å². The summed E-state index contributed by atoms with van der Waals surface area (Å²) in [7, 11) is 0. The highest BCUT2D eigenvalue weighted by Gasteiger charge is 2.17.